The van der Waals surface area contributed by atoms with E-state index in [-0.39, 0.29) is 6.61 Å². The van der Waals surface area contributed by atoms with Gasteiger partial charge in [0, 0.05) is 17.6 Å². The molecule has 2 nitrogen and oxygen atoms in total. The van der Waals surface area contributed by atoms with E-state index in [1.807, 2.05) is 12.1 Å². The maximum absolute atomic E-state index is 8.83. The smallest absolute Gasteiger partial charge is 0.104 e. The summed E-state index contributed by atoms with van der Waals surface area (Å²) < 4.78 is 0. The molecule has 0 amide bonds. The van der Waals surface area contributed by atoms with E-state index in [1.165, 1.54) is 18.4 Å². The van der Waals surface area contributed by atoms with E-state index in [1.54, 1.807) is 0 Å². The first kappa shape index (κ1) is 14.1. The van der Waals surface area contributed by atoms with Gasteiger partial charge < -0.3 is 10.4 Å². The summed E-state index contributed by atoms with van der Waals surface area (Å²) in [6, 6.07) is 9.56. The van der Waals surface area contributed by atoms with Crippen molar-refractivity contribution in [3.8, 4) is 11.8 Å². The van der Waals surface area contributed by atoms with Crippen molar-refractivity contribution >= 4 is 0 Å². The Morgan fingerprint density at radius 1 is 1.37 bits per heavy atom. The Morgan fingerprint density at radius 3 is 2.84 bits per heavy atom. The maximum Gasteiger partial charge on any atom is 0.104 e. The molecule has 102 valence electrons. The summed E-state index contributed by atoms with van der Waals surface area (Å²) >= 11 is 0. The van der Waals surface area contributed by atoms with Crippen LogP contribution in [0, 0.1) is 11.8 Å². The Hall–Kier alpha value is -1.30. The number of rotatable bonds is 3. The van der Waals surface area contributed by atoms with Gasteiger partial charge >= 0.3 is 0 Å². The van der Waals surface area contributed by atoms with Crippen LogP contribution in [0.25, 0.3) is 0 Å². The Bertz CT molecular complexity index is 472. The molecule has 1 aliphatic rings. The van der Waals surface area contributed by atoms with Crippen molar-refractivity contribution in [1.82, 2.24) is 5.32 Å². The SMILES string of the molecule is CC1CCC(CC(C)c2ccccc2C#CCO)N1. The van der Waals surface area contributed by atoms with E-state index >= 15 is 0 Å². The second kappa shape index (κ2) is 6.75. The molecule has 2 rings (SSSR count). The molecule has 0 aliphatic carbocycles. The second-order valence-electron chi connectivity index (χ2n) is 5.53. The lowest BCUT2D eigenvalue weighted by Crippen LogP contribution is -2.28. The average Bonchev–Trinajstić information content (AvgIpc) is 2.82. The fraction of sp³-hybridized carbons (Fsp3) is 0.529. The van der Waals surface area contributed by atoms with Crippen molar-refractivity contribution in [2.45, 2.75) is 51.1 Å². The fourth-order valence-electron chi connectivity index (χ4n) is 2.94. The standard InChI is InChI=1S/C17H23NO/c1-13(12-16-10-9-14(2)18-16)17-8-4-3-6-15(17)7-5-11-19/h3-4,6,8,13-14,16,18-19H,9-12H2,1-2H3. The van der Waals surface area contributed by atoms with Crippen molar-refractivity contribution in [3.63, 3.8) is 0 Å². The zero-order valence-electron chi connectivity index (χ0n) is 11.8. The summed E-state index contributed by atoms with van der Waals surface area (Å²) in [5, 5.41) is 12.5. The molecule has 0 aromatic heterocycles. The van der Waals surface area contributed by atoms with Crippen molar-refractivity contribution in [3.05, 3.63) is 35.4 Å². The first-order valence-corrected chi connectivity index (χ1v) is 7.15. The molecule has 2 N–H and O–H groups in total. The van der Waals surface area contributed by atoms with Gasteiger partial charge in [-0.25, -0.2) is 0 Å². The highest BCUT2D eigenvalue weighted by Crippen LogP contribution is 2.27. The second-order valence-corrected chi connectivity index (χ2v) is 5.53. The average molecular weight is 257 g/mol. The predicted molar refractivity (Wildman–Crippen MR) is 79.1 cm³/mol. The lowest BCUT2D eigenvalue weighted by Gasteiger charge is -2.19. The van der Waals surface area contributed by atoms with Gasteiger partial charge in [0.25, 0.3) is 0 Å². The van der Waals surface area contributed by atoms with Gasteiger partial charge in [0.2, 0.25) is 0 Å². The molecule has 2 heteroatoms. The molecule has 1 saturated heterocycles. The molecule has 1 aliphatic heterocycles. The molecule has 0 spiro atoms. The Labute approximate surface area is 116 Å². The number of hydrogen-bond donors (Lipinski definition) is 2. The van der Waals surface area contributed by atoms with E-state index in [4.69, 9.17) is 5.11 Å². The number of aliphatic hydroxyl groups is 1. The van der Waals surface area contributed by atoms with Crippen LogP contribution >= 0.6 is 0 Å². The van der Waals surface area contributed by atoms with Gasteiger partial charge in [0.1, 0.15) is 6.61 Å². The van der Waals surface area contributed by atoms with Gasteiger partial charge in [0.05, 0.1) is 0 Å². The molecular formula is C17H23NO. The first-order chi connectivity index (χ1) is 9.20. The van der Waals surface area contributed by atoms with Crippen LogP contribution in [-0.4, -0.2) is 23.8 Å². The van der Waals surface area contributed by atoms with Crippen LogP contribution in [0.2, 0.25) is 0 Å². The molecule has 0 saturated carbocycles. The summed E-state index contributed by atoms with van der Waals surface area (Å²) in [6.07, 6.45) is 3.71. The van der Waals surface area contributed by atoms with Gasteiger partial charge in [-0.3, -0.25) is 0 Å². The number of nitrogens with one attached hydrogen (secondary N) is 1. The number of hydrogen-bond acceptors (Lipinski definition) is 2. The fourth-order valence-corrected chi connectivity index (χ4v) is 2.94. The normalized spacial score (nSPS) is 23.7. The molecule has 1 aromatic carbocycles. The Morgan fingerprint density at radius 2 is 2.16 bits per heavy atom. The summed E-state index contributed by atoms with van der Waals surface area (Å²) in [5.74, 6) is 6.30. The van der Waals surface area contributed by atoms with E-state index in [0.717, 1.165) is 12.0 Å². The predicted octanol–water partition coefficient (Wildman–Crippen LogP) is 2.66. The molecule has 1 fully saturated rings. The lowest BCUT2D eigenvalue weighted by atomic mass is 9.90. The van der Waals surface area contributed by atoms with Gasteiger partial charge in [-0.05, 0) is 43.7 Å². The molecule has 0 radical (unpaired) electrons. The highest BCUT2D eigenvalue weighted by molar-refractivity contribution is 5.43. The minimum Gasteiger partial charge on any atom is -0.384 e. The summed E-state index contributed by atoms with van der Waals surface area (Å²) in [5.41, 5.74) is 2.35. The summed E-state index contributed by atoms with van der Waals surface area (Å²) in [6.45, 7) is 4.44. The van der Waals surface area contributed by atoms with E-state index in [2.05, 4.69) is 43.1 Å². The van der Waals surface area contributed by atoms with Crippen LogP contribution in [0.4, 0.5) is 0 Å². The monoisotopic (exact) mass is 257 g/mol. The maximum atomic E-state index is 8.83. The Kier molecular flexibility index (Phi) is 5.01. The molecule has 3 unspecified atom stereocenters. The third-order valence-corrected chi connectivity index (χ3v) is 3.90. The quantitative estimate of drug-likeness (QED) is 0.816. The number of aliphatic hydroxyl groups excluding tert-OH is 1. The minimum atomic E-state index is -0.0790. The van der Waals surface area contributed by atoms with Crippen LogP contribution in [-0.2, 0) is 0 Å². The van der Waals surface area contributed by atoms with Crippen molar-refractivity contribution in [2.75, 3.05) is 6.61 Å². The summed E-state index contributed by atoms with van der Waals surface area (Å²) in [7, 11) is 0. The van der Waals surface area contributed by atoms with Crippen molar-refractivity contribution < 1.29 is 5.11 Å². The van der Waals surface area contributed by atoms with Gasteiger partial charge in [-0.15, -0.1) is 0 Å². The topological polar surface area (TPSA) is 32.3 Å². The lowest BCUT2D eigenvalue weighted by molar-refractivity contribution is 0.350. The minimum absolute atomic E-state index is 0.0790. The molecule has 1 heterocycles. The van der Waals surface area contributed by atoms with E-state index in [0.29, 0.717) is 18.0 Å². The first-order valence-electron chi connectivity index (χ1n) is 7.15. The highest BCUT2D eigenvalue weighted by atomic mass is 16.2. The van der Waals surface area contributed by atoms with Crippen molar-refractivity contribution in [1.29, 1.82) is 0 Å². The van der Waals surface area contributed by atoms with Crippen LogP contribution < -0.4 is 5.32 Å². The molecule has 0 bridgehead atoms. The van der Waals surface area contributed by atoms with Crippen LogP contribution in [0.3, 0.4) is 0 Å². The zero-order chi connectivity index (χ0) is 13.7. The Balaban J connectivity index is 2.08. The third-order valence-electron chi connectivity index (χ3n) is 3.90. The van der Waals surface area contributed by atoms with E-state index in [9.17, 15) is 0 Å². The van der Waals surface area contributed by atoms with Gasteiger partial charge in [-0.2, -0.15) is 0 Å². The highest BCUT2D eigenvalue weighted by Gasteiger charge is 2.23. The van der Waals surface area contributed by atoms with Gasteiger partial charge in [0.15, 0.2) is 0 Å². The summed E-state index contributed by atoms with van der Waals surface area (Å²) in [4.78, 5) is 0. The van der Waals surface area contributed by atoms with Crippen LogP contribution in [0.15, 0.2) is 24.3 Å². The molecule has 3 atom stereocenters. The van der Waals surface area contributed by atoms with Crippen LogP contribution in [0.5, 0.6) is 0 Å². The largest absolute Gasteiger partial charge is 0.384 e. The third kappa shape index (κ3) is 3.83. The molecule has 1 aromatic rings. The molecule has 19 heavy (non-hydrogen) atoms. The van der Waals surface area contributed by atoms with Gasteiger partial charge in [-0.1, -0.05) is 37.0 Å². The number of benzene rings is 1. The van der Waals surface area contributed by atoms with Crippen molar-refractivity contribution in [2.24, 2.45) is 0 Å². The van der Waals surface area contributed by atoms with E-state index < -0.39 is 0 Å². The van der Waals surface area contributed by atoms with Crippen LogP contribution in [0.1, 0.15) is 50.2 Å². The zero-order valence-corrected chi connectivity index (χ0v) is 11.8. The molecular weight excluding hydrogens is 234 g/mol.